The van der Waals surface area contributed by atoms with Gasteiger partial charge in [-0.2, -0.15) is 4.72 Å². The summed E-state index contributed by atoms with van der Waals surface area (Å²) in [5.41, 5.74) is 18.2. The van der Waals surface area contributed by atoms with E-state index in [1.807, 2.05) is 11.6 Å². The second-order valence-electron chi connectivity index (χ2n) is 7.02. The summed E-state index contributed by atoms with van der Waals surface area (Å²) < 4.78 is 49.2. The number of sulfonamides is 1. The zero-order valence-electron chi connectivity index (χ0n) is 18.6. The van der Waals surface area contributed by atoms with E-state index < -0.39 is 23.9 Å². The van der Waals surface area contributed by atoms with Crippen molar-refractivity contribution in [3.63, 3.8) is 0 Å². The molecule has 2 rings (SSSR count). The number of aryl methyl sites for hydroxylation is 1. The molecule has 1 heterocycles. The Morgan fingerprint density at radius 2 is 1.63 bits per heavy atom. The average Bonchev–Trinajstić information content (AvgIpc) is 3.29. The molecule has 1 aromatic heterocycles. The van der Waals surface area contributed by atoms with Gasteiger partial charge in [-0.15, -0.1) is 11.3 Å². The Balaban J connectivity index is 2.29. The van der Waals surface area contributed by atoms with Crippen molar-refractivity contribution in [3.05, 3.63) is 50.7 Å². The molecular formula is C18H24N7O7PS2. The first-order valence-electron chi connectivity index (χ1n) is 10.1. The number of ether oxygens (including phenoxy) is 2. The highest BCUT2D eigenvalue weighted by Crippen LogP contribution is 2.40. The number of rotatable bonds is 15. The van der Waals surface area contributed by atoms with Crippen molar-refractivity contribution < 1.29 is 32.2 Å². The summed E-state index contributed by atoms with van der Waals surface area (Å²) in [6.07, 6.45) is -0.0354. The zero-order chi connectivity index (χ0) is 25.9. The molecule has 0 atom stereocenters. The number of azide groups is 2. The van der Waals surface area contributed by atoms with Gasteiger partial charge < -0.3 is 19.3 Å². The van der Waals surface area contributed by atoms with Crippen LogP contribution in [0.15, 0.2) is 38.7 Å². The predicted octanol–water partition coefficient (Wildman–Crippen LogP) is 4.30. The van der Waals surface area contributed by atoms with Crippen LogP contribution >= 0.6 is 18.9 Å². The van der Waals surface area contributed by atoms with Crippen LogP contribution in [0.25, 0.3) is 31.3 Å². The highest BCUT2D eigenvalue weighted by atomic mass is 32.2. The van der Waals surface area contributed by atoms with Gasteiger partial charge in [0.05, 0.1) is 13.2 Å². The molecule has 2 aromatic rings. The fraction of sp³-hybridized carbons (Fsp3) is 0.444. The molecule has 0 bridgehead atoms. The van der Waals surface area contributed by atoms with Gasteiger partial charge in [0.25, 0.3) is 10.0 Å². The van der Waals surface area contributed by atoms with Crippen LogP contribution in [0, 0.1) is 6.92 Å². The van der Waals surface area contributed by atoms with Gasteiger partial charge in [0.15, 0.2) is 11.5 Å². The lowest BCUT2D eigenvalue weighted by molar-refractivity contribution is 0.265. The minimum absolute atomic E-state index is 0.101. The molecule has 0 spiro atoms. The number of nitrogens with one attached hydrogen (secondary N) is 1. The molecule has 0 aliphatic carbocycles. The third-order valence-corrected chi connectivity index (χ3v) is 8.11. The molecule has 0 aliphatic heterocycles. The minimum atomic E-state index is -4.55. The Morgan fingerprint density at radius 1 is 1.06 bits per heavy atom. The van der Waals surface area contributed by atoms with E-state index in [2.05, 4.69) is 20.1 Å². The Labute approximate surface area is 205 Å². The van der Waals surface area contributed by atoms with Crippen molar-refractivity contribution in [3.8, 4) is 21.9 Å². The molecule has 0 saturated carbocycles. The molecule has 0 radical (unpaired) electrons. The third-order valence-electron chi connectivity index (χ3n) is 4.31. The monoisotopic (exact) mass is 545 g/mol. The third kappa shape index (κ3) is 9.40. The van der Waals surface area contributed by atoms with Crippen LogP contribution in [0.1, 0.15) is 18.4 Å². The van der Waals surface area contributed by atoms with E-state index in [4.69, 9.17) is 30.3 Å². The van der Waals surface area contributed by atoms with Gasteiger partial charge >= 0.3 is 7.60 Å². The molecule has 35 heavy (non-hydrogen) atoms. The first kappa shape index (κ1) is 28.4. The molecule has 0 amide bonds. The smallest absolute Gasteiger partial charge is 0.340 e. The lowest BCUT2D eigenvalue weighted by Crippen LogP contribution is -2.23. The number of hydrogen-bond acceptors (Lipinski definition) is 8. The van der Waals surface area contributed by atoms with Crippen molar-refractivity contribution in [2.75, 3.05) is 32.6 Å². The number of nitrogens with zero attached hydrogens (tertiary/aromatic N) is 6. The molecule has 14 nitrogen and oxygen atoms in total. The van der Waals surface area contributed by atoms with Crippen LogP contribution in [0.3, 0.4) is 0 Å². The van der Waals surface area contributed by atoms with Crippen molar-refractivity contribution in [1.29, 1.82) is 0 Å². The van der Waals surface area contributed by atoms with Gasteiger partial charge in [-0.05, 0) is 66.2 Å². The van der Waals surface area contributed by atoms with Crippen molar-refractivity contribution in [2.45, 2.75) is 24.0 Å². The summed E-state index contributed by atoms with van der Waals surface area (Å²) in [6, 6.07) is 6.38. The average molecular weight is 546 g/mol. The Bertz CT molecular complexity index is 1270. The zero-order valence-corrected chi connectivity index (χ0v) is 21.2. The largest absolute Gasteiger partial charge is 0.490 e. The molecule has 0 aliphatic rings. The van der Waals surface area contributed by atoms with Gasteiger partial charge in [0.2, 0.25) is 0 Å². The maximum Gasteiger partial charge on any atom is 0.340 e. The number of benzene rings is 1. The predicted molar refractivity (Wildman–Crippen MR) is 130 cm³/mol. The molecule has 0 unspecified atom stereocenters. The first-order chi connectivity index (χ1) is 16.6. The van der Waals surface area contributed by atoms with E-state index in [1.54, 1.807) is 18.2 Å². The molecule has 0 saturated heterocycles. The Hall–Kier alpha value is -2.80. The molecule has 1 aromatic carbocycles. The highest BCUT2D eigenvalue weighted by molar-refractivity contribution is 7.92. The van der Waals surface area contributed by atoms with E-state index in [0.29, 0.717) is 34.8 Å². The van der Waals surface area contributed by atoms with Crippen molar-refractivity contribution >= 4 is 29.0 Å². The van der Waals surface area contributed by atoms with Crippen LogP contribution in [-0.4, -0.2) is 50.8 Å². The minimum Gasteiger partial charge on any atom is -0.490 e. The lowest BCUT2D eigenvalue weighted by atomic mass is 10.1. The summed E-state index contributed by atoms with van der Waals surface area (Å²) in [6.45, 7) is 2.86. The first-order valence-corrected chi connectivity index (χ1v) is 14.2. The van der Waals surface area contributed by atoms with E-state index in [0.717, 1.165) is 16.9 Å². The second-order valence-corrected chi connectivity index (χ2v) is 11.7. The number of thiophene rings is 1. The van der Waals surface area contributed by atoms with E-state index in [-0.39, 0.29) is 30.5 Å². The van der Waals surface area contributed by atoms with Crippen LogP contribution < -0.4 is 14.2 Å². The van der Waals surface area contributed by atoms with Gasteiger partial charge in [-0.1, -0.05) is 10.2 Å². The van der Waals surface area contributed by atoms with Gasteiger partial charge in [-0.3, -0.25) is 4.57 Å². The van der Waals surface area contributed by atoms with E-state index in [1.165, 1.54) is 6.07 Å². The molecule has 0 fully saturated rings. The van der Waals surface area contributed by atoms with Gasteiger partial charge in [0, 0.05) is 27.8 Å². The Kier molecular flexibility index (Phi) is 10.8. The van der Waals surface area contributed by atoms with Crippen LogP contribution in [0.2, 0.25) is 0 Å². The quantitative estimate of drug-likeness (QED) is 0.0967. The maximum atomic E-state index is 12.4. The molecular weight excluding hydrogens is 521 g/mol. The highest BCUT2D eigenvalue weighted by Gasteiger charge is 2.23. The molecule has 190 valence electrons. The summed E-state index contributed by atoms with van der Waals surface area (Å²) in [4.78, 5) is 23.9. The van der Waals surface area contributed by atoms with Crippen LogP contribution in [0.4, 0.5) is 0 Å². The molecule has 3 N–H and O–H groups in total. The summed E-state index contributed by atoms with van der Waals surface area (Å²) >= 11 is 0.933. The maximum absolute atomic E-state index is 12.4. The van der Waals surface area contributed by atoms with E-state index in [9.17, 15) is 13.0 Å². The van der Waals surface area contributed by atoms with Crippen molar-refractivity contribution in [1.82, 2.24) is 4.72 Å². The second kappa shape index (κ2) is 13.3. The lowest BCUT2D eigenvalue weighted by Gasteiger charge is -2.16. The normalized spacial score (nSPS) is 11.4. The van der Waals surface area contributed by atoms with Crippen molar-refractivity contribution in [2.24, 2.45) is 10.2 Å². The number of hydrogen-bond donors (Lipinski definition) is 3. The summed E-state index contributed by atoms with van der Waals surface area (Å²) in [5.74, 6) is 0.844. The van der Waals surface area contributed by atoms with Crippen LogP contribution in [0.5, 0.6) is 11.5 Å². The van der Waals surface area contributed by atoms with Crippen LogP contribution in [-0.2, 0) is 14.6 Å². The standard InChI is InChI=1S/C18H24N7O7PS2/c1-13-10-15(31-8-2-6-21-24-19)16(32-9-3-7-22-25-20)11-14(13)17-4-5-18(34-17)35(29,30)23-12-33(26,27)28/h4-5,10-11,23H,2-3,6-9,12H2,1H3,(H2,26,27,28). The fourth-order valence-corrected chi connectivity index (χ4v) is 6.17. The molecule has 17 heteroatoms. The summed E-state index contributed by atoms with van der Waals surface area (Å²) in [7, 11) is -8.66. The fourth-order valence-electron chi connectivity index (χ4n) is 2.73. The topological polar surface area (TPSA) is 220 Å². The van der Waals surface area contributed by atoms with Gasteiger partial charge in [-0.25, -0.2) is 8.42 Å². The Morgan fingerprint density at radius 3 is 2.17 bits per heavy atom. The summed E-state index contributed by atoms with van der Waals surface area (Å²) in [5, 5.41) is 6.92. The SMILES string of the molecule is Cc1cc(OCCCN=[N+]=[N-])c(OCCCN=[N+]=[N-])cc1-c1ccc(S(=O)(=O)NCP(=O)(O)O)s1. The van der Waals surface area contributed by atoms with E-state index >= 15 is 0 Å². The van der Waals surface area contributed by atoms with Gasteiger partial charge in [0.1, 0.15) is 10.5 Å².